The Morgan fingerprint density at radius 2 is 2.00 bits per heavy atom. The van der Waals surface area contributed by atoms with Gasteiger partial charge in [0, 0.05) is 11.5 Å². The van der Waals surface area contributed by atoms with E-state index in [9.17, 15) is 8.42 Å². The molecular formula is C12H13BrClN3O2S. The third kappa shape index (κ3) is 2.84. The maximum atomic E-state index is 12.4. The maximum Gasteiger partial charge on any atom is 0.265 e. The number of nitrogens with one attached hydrogen (secondary N) is 1. The minimum Gasteiger partial charge on any atom is -0.279 e. The molecule has 0 saturated heterocycles. The largest absolute Gasteiger partial charge is 0.279 e. The Bertz CT molecular complexity index is 771. The smallest absolute Gasteiger partial charge is 0.265 e. The summed E-state index contributed by atoms with van der Waals surface area (Å²) in [5.74, 6) is 0. The van der Waals surface area contributed by atoms with E-state index >= 15 is 0 Å². The van der Waals surface area contributed by atoms with Gasteiger partial charge in [-0.2, -0.15) is 5.10 Å². The van der Waals surface area contributed by atoms with Crippen molar-refractivity contribution in [1.29, 1.82) is 0 Å². The summed E-state index contributed by atoms with van der Waals surface area (Å²) in [6, 6.07) is 4.86. The first-order valence-electron chi connectivity index (χ1n) is 5.70. The third-order valence-corrected chi connectivity index (χ3v) is 5.75. The molecule has 0 atom stereocenters. The lowest BCUT2D eigenvalue weighted by atomic mass is 10.3. The summed E-state index contributed by atoms with van der Waals surface area (Å²) >= 11 is 9.22. The van der Waals surface area contributed by atoms with Crippen molar-refractivity contribution in [3.05, 3.63) is 39.1 Å². The normalized spacial score (nSPS) is 11.7. The van der Waals surface area contributed by atoms with E-state index < -0.39 is 10.0 Å². The van der Waals surface area contributed by atoms with Gasteiger partial charge in [0.15, 0.2) is 0 Å². The molecule has 0 radical (unpaired) electrons. The van der Waals surface area contributed by atoms with E-state index in [0.29, 0.717) is 26.6 Å². The van der Waals surface area contributed by atoms with Crippen LogP contribution in [0.15, 0.2) is 27.6 Å². The van der Waals surface area contributed by atoms with Crippen molar-refractivity contribution in [2.45, 2.75) is 18.7 Å². The summed E-state index contributed by atoms with van der Waals surface area (Å²) in [5.41, 5.74) is 1.44. The van der Waals surface area contributed by atoms with E-state index in [-0.39, 0.29) is 4.90 Å². The van der Waals surface area contributed by atoms with E-state index in [4.69, 9.17) is 11.6 Å². The number of nitrogens with zero attached hydrogens (tertiary/aromatic N) is 2. The van der Waals surface area contributed by atoms with E-state index in [1.807, 2.05) is 0 Å². The quantitative estimate of drug-likeness (QED) is 0.891. The SMILES string of the molecule is Cc1nn(C)c(C)c1S(=O)(=O)Nc1ccc(Br)c(Cl)c1. The van der Waals surface area contributed by atoms with E-state index in [1.165, 1.54) is 0 Å². The lowest BCUT2D eigenvalue weighted by molar-refractivity contribution is 0.599. The minimum absolute atomic E-state index is 0.194. The van der Waals surface area contributed by atoms with Crippen molar-refractivity contribution in [3.8, 4) is 0 Å². The molecule has 1 aromatic carbocycles. The van der Waals surface area contributed by atoms with Gasteiger partial charge in [-0.15, -0.1) is 0 Å². The molecule has 5 nitrogen and oxygen atoms in total. The van der Waals surface area contributed by atoms with Gasteiger partial charge in [-0.05, 0) is 48.0 Å². The van der Waals surface area contributed by atoms with Crippen LogP contribution in [0.2, 0.25) is 5.02 Å². The number of hydrogen-bond donors (Lipinski definition) is 1. The number of anilines is 1. The van der Waals surface area contributed by atoms with Crippen LogP contribution in [0.25, 0.3) is 0 Å². The zero-order chi connectivity index (χ0) is 15.1. The van der Waals surface area contributed by atoms with Crippen LogP contribution >= 0.6 is 27.5 Å². The monoisotopic (exact) mass is 377 g/mol. The summed E-state index contributed by atoms with van der Waals surface area (Å²) in [4.78, 5) is 0.194. The lowest BCUT2D eigenvalue weighted by Crippen LogP contribution is -2.14. The molecule has 0 fully saturated rings. The standard InChI is InChI=1S/C12H13BrClN3O2S/c1-7-12(8(2)17(3)15-7)20(18,19)16-9-4-5-10(13)11(14)6-9/h4-6,16H,1-3H3. The topological polar surface area (TPSA) is 64.0 Å². The van der Waals surface area contributed by atoms with Crippen LogP contribution < -0.4 is 4.72 Å². The molecule has 1 N–H and O–H groups in total. The van der Waals surface area contributed by atoms with Gasteiger partial charge < -0.3 is 0 Å². The fraction of sp³-hybridized carbons (Fsp3) is 0.250. The Balaban J connectivity index is 2.43. The van der Waals surface area contributed by atoms with Crippen molar-refractivity contribution in [2.24, 2.45) is 7.05 Å². The highest BCUT2D eigenvalue weighted by Crippen LogP contribution is 2.28. The highest BCUT2D eigenvalue weighted by molar-refractivity contribution is 9.10. The molecular weight excluding hydrogens is 366 g/mol. The summed E-state index contributed by atoms with van der Waals surface area (Å²) in [6.45, 7) is 3.37. The summed E-state index contributed by atoms with van der Waals surface area (Å²) in [7, 11) is -1.98. The zero-order valence-corrected chi connectivity index (χ0v) is 14.3. The predicted octanol–water partition coefficient (Wildman–Crippen LogP) is 3.25. The van der Waals surface area contributed by atoms with E-state index in [0.717, 1.165) is 0 Å². The molecule has 8 heteroatoms. The van der Waals surface area contributed by atoms with Crippen molar-refractivity contribution in [2.75, 3.05) is 4.72 Å². The highest BCUT2D eigenvalue weighted by atomic mass is 79.9. The molecule has 2 rings (SSSR count). The number of rotatable bonds is 3. The van der Waals surface area contributed by atoms with Crippen molar-refractivity contribution >= 4 is 43.2 Å². The molecule has 0 aliphatic rings. The van der Waals surface area contributed by atoms with Crippen LogP contribution in [0.3, 0.4) is 0 Å². The fourth-order valence-corrected chi connectivity index (χ4v) is 3.83. The number of hydrogen-bond acceptors (Lipinski definition) is 3. The third-order valence-electron chi connectivity index (χ3n) is 2.88. The van der Waals surface area contributed by atoms with Crippen LogP contribution in [0.5, 0.6) is 0 Å². The van der Waals surface area contributed by atoms with E-state index in [2.05, 4.69) is 25.8 Å². The number of sulfonamides is 1. The first-order valence-corrected chi connectivity index (χ1v) is 8.36. The molecule has 0 spiro atoms. The van der Waals surface area contributed by atoms with Gasteiger partial charge in [0.05, 0.1) is 22.1 Å². The maximum absolute atomic E-state index is 12.4. The lowest BCUT2D eigenvalue weighted by Gasteiger charge is -2.09. The van der Waals surface area contributed by atoms with Crippen molar-refractivity contribution in [3.63, 3.8) is 0 Å². The number of aromatic nitrogens is 2. The summed E-state index contributed by atoms with van der Waals surface area (Å²) in [6.07, 6.45) is 0. The van der Waals surface area contributed by atoms with Gasteiger partial charge in [-0.3, -0.25) is 9.40 Å². The van der Waals surface area contributed by atoms with Crippen LogP contribution in [0.1, 0.15) is 11.4 Å². The molecule has 1 aromatic heterocycles. The Kier molecular flexibility index (Phi) is 4.13. The van der Waals surface area contributed by atoms with Crippen molar-refractivity contribution in [1.82, 2.24) is 9.78 Å². The molecule has 0 unspecified atom stereocenters. The van der Waals surface area contributed by atoms with Gasteiger partial charge in [0.1, 0.15) is 4.90 Å². The van der Waals surface area contributed by atoms with Gasteiger partial charge in [-0.25, -0.2) is 8.42 Å². The Morgan fingerprint density at radius 3 is 2.50 bits per heavy atom. The highest BCUT2D eigenvalue weighted by Gasteiger charge is 2.23. The summed E-state index contributed by atoms with van der Waals surface area (Å²) < 4.78 is 29.6. The second kappa shape index (κ2) is 5.38. The fourth-order valence-electron chi connectivity index (χ4n) is 1.91. The van der Waals surface area contributed by atoms with Crippen LogP contribution in [-0.4, -0.2) is 18.2 Å². The van der Waals surface area contributed by atoms with Gasteiger partial charge in [0.2, 0.25) is 0 Å². The molecule has 0 bridgehead atoms. The number of benzene rings is 1. The molecule has 0 aliphatic heterocycles. The van der Waals surface area contributed by atoms with Crippen LogP contribution in [-0.2, 0) is 17.1 Å². The van der Waals surface area contributed by atoms with E-state index in [1.54, 1.807) is 43.8 Å². The van der Waals surface area contributed by atoms with Crippen LogP contribution in [0, 0.1) is 13.8 Å². The van der Waals surface area contributed by atoms with Crippen LogP contribution in [0.4, 0.5) is 5.69 Å². The van der Waals surface area contributed by atoms with Gasteiger partial charge in [-0.1, -0.05) is 11.6 Å². The number of aryl methyl sites for hydroxylation is 2. The number of halogens is 2. The first kappa shape index (κ1) is 15.3. The molecule has 108 valence electrons. The molecule has 0 saturated carbocycles. The molecule has 2 aromatic rings. The molecule has 0 amide bonds. The molecule has 20 heavy (non-hydrogen) atoms. The van der Waals surface area contributed by atoms with Gasteiger partial charge in [0.25, 0.3) is 10.0 Å². The summed E-state index contributed by atoms with van der Waals surface area (Å²) in [5, 5.41) is 4.55. The zero-order valence-electron chi connectivity index (χ0n) is 11.1. The second-order valence-electron chi connectivity index (χ2n) is 4.36. The Morgan fingerprint density at radius 1 is 1.35 bits per heavy atom. The van der Waals surface area contributed by atoms with Crippen molar-refractivity contribution < 1.29 is 8.42 Å². The minimum atomic E-state index is -3.69. The average Bonchev–Trinajstić information content (AvgIpc) is 2.58. The Hall–Kier alpha value is -1.05. The average molecular weight is 379 g/mol. The second-order valence-corrected chi connectivity index (χ2v) is 7.24. The Labute approximate surface area is 131 Å². The predicted molar refractivity (Wildman–Crippen MR) is 82.6 cm³/mol. The van der Waals surface area contributed by atoms with Gasteiger partial charge >= 0.3 is 0 Å². The first-order chi connectivity index (χ1) is 9.22. The molecule has 1 heterocycles. The molecule has 0 aliphatic carbocycles.